The van der Waals surface area contributed by atoms with Crippen LogP contribution in [0, 0.1) is 13.8 Å². The molecular weight excluding hydrogens is 246 g/mol. The highest BCUT2D eigenvalue weighted by molar-refractivity contribution is 7.09. The molecule has 1 amide bonds. The lowest BCUT2D eigenvalue weighted by molar-refractivity contribution is -0.118. The lowest BCUT2D eigenvalue weighted by Crippen LogP contribution is -2.27. The highest BCUT2D eigenvalue weighted by Gasteiger charge is 2.21. The zero-order chi connectivity index (χ0) is 13.1. The normalized spacial score (nSPS) is 12.1. The number of thiazole rings is 1. The molecule has 1 aromatic heterocycles. The molecule has 3 N–H and O–H groups in total. The van der Waals surface area contributed by atoms with Crippen molar-refractivity contribution in [1.29, 1.82) is 0 Å². The van der Waals surface area contributed by atoms with Crippen LogP contribution in [0.1, 0.15) is 22.3 Å². The smallest absolute Gasteiger partial charge is 0.247 e. The van der Waals surface area contributed by atoms with Crippen LogP contribution in [0.2, 0.25) is 0 Å². The third-order valence-corrected chi connectivity index (χ3v) is 3.64. The van der Waals surface area contributed by atoms with Gasteiger partial charge in [0.2, 0.25) is 5.91 Å². The fraction of sp³-hybridized carbons (Fsp3) is 0.231. The number of nitrogens with zero attached hydrogens (tertiary/aromatic N) is 1. The summed E-state index contributed by atoms with van der Waals surface area (Å²) in [6, 6.07) is 7.19. The van der Waals surface area contributed by atoms with Crippen LogP contribution in [-0.2, 0) is 4.79 Å². The highest BCUT2D eigenvalue weighted by Crippen LogP contribution is 2.24. The third-order valence-electron chi connectivity index (χ3n) is 2.61. The van der Waals surface area contributed by atoms with Crippen molar-refractivity contribution in [3.8, 4) is 0 Å². The number of benzene rings is 1. The molecule has 2 rings (SSSR count). The molecule has 0 aliphatic carbocycles. The van der Waals surface area contributed by atoms with Gasteiger partial charge in [-0.25, -0.2) is 4.98 Å². The van der Waals surface area contributed by atoms with E-state index in [4.69, 9.17) is 5.73 Å². The molecule has 0 saturated carbocycles. The van der Waals surface area contributed by atoms with Crippen LogP contribution in [0.25, 0.3) is 0 Å². The molecule has 1 heterocycles. The summed E-state index contributed by atoms with van der Waals surface area (Å²) in [5.41, 5.74) is 8.30. The van der Waals surface area contributed by atoms with E-state index in [1.807, 2.05) is 43.5 Å². The van der Waals surface area contributed by atoms with Gasteiger partial charge in [0, 0.05) is 16.8 Å². The van der Waals surface area contributed by atoms with E-state index >= 15 is 0 Å². The molecule has 18 heavy (non-hydrogen) atoms. The molecule has 0 radical (unpaired) electrons. The zero-order valence-corrected chi connectivity index (χ0v) is 11.1. The molecule has 0 saturated heterocycles. The van der Waals surface area contributed by atoms with Crippen molar-refractivity contribution in [2.75, 3.05) is 5.32 Å². The van der Waals surface area contributed by atoms with Crippen molar-refractivity contribution in [2.45, 2.75) is 19.9 Å². The Bertz CT molecular complexity index is 565. The molecule has 2 aromatic rings. The van der Waals surface area contributed by atoms with Crippen LogP contribution in [0.5, 0.6) is 0 Å². The van der Waals surface area contributed by atoms with Crippen LogP contribution >= 0.6 is 11.3 Å². The standard InChI is InChI=1S/C13H15N3OS/c1-8-5-3-4-6-10(8)16-11(12(14)17)13-15-9(2)7-18-13/h3-7,11,16H,1-2H3,(H2,14,17). The van der Waals surface area contributed by atoms with Crippen molar-refractivity contribution >= 4 is 22.9 Å². The number of rotatable bonds is 4. The minimum atomic E-state index is -0.579. The Hall–Kier alpha value is -1.88. The van der Waals surface area contributed by atoms with Crippen molar-refractivity contribution in [3.63, 3.8) is 0 Å². The Balaban J connectivity index is 2.28. The number of aryl methyl sites for hydroxylation is 2. The summed E-state index contributed by atoms with van der Waals surface area (Å²) in [4.78, 5) is 15.9. The Labute approximate surface area is 110 Å². The van der Waals surface area contributed by atoms with Crippen LogP contribution in [0.3, 0.4) is 0 Å². The topological polar surface area (TPSA) is 68.0 Å². The number of para-hydroxylation sites is 1. The second-order valence-corrected chi connectivity index (χ2v) is 5.01. The predicted octanol–water partition coefficient (Wildman–Crippen LogP) is 2.40. The summed E-state index contributed by atoms with van der Waals surface area (Å²) in [5.74, 6) is -0.424. The summed E-state index contributed by atoms with van der Waals surface area (Å²) in [6.45, 7) is 3.87. The molecule has 4 nitrogen and oxygen atoms in total. The number of carbonyl (C=O) groups is 1. The fourth-order valence-electron chi connectivity index (χ4n) is 1.65. The Morgan fingerprint density at radius 3 is 2.67 bits per heavy atom. The first-order valence-corrected chi connectivity index (χ1v) is 6.49. The van der Waals surface area contributed by atoms with Crippen LogP contribution < -0.4 is 11.1 Å². The molecule has 1 aromatic carbocycles. The van der Waals surface area contributed by atoms with Gasteiger partial charge in [-0.1, -0.05) is 18.2 Å². The molecule has 1 unspecified atom stereocenters. The largest absolute Gasteiger partial charge is 0.368 e. The van der Waals surface area contributed by atoms with E-state index in [9.17, 15) is 4.79 Å². The number of carbonyl (C=O) groups excluding carboxylic acids is 1. The average molecular weight is 261 g/mol. The number of hydrogen-bond donors (Lipinski definition) is 2. The summed E-state index contributed by atoms with van der Waals surface area (Å²) in [5, 5.41) is 5.75. The first-order chi connectivity index (χ1) is 8.58. The molecule has 0 fully saturated rings. The average Bonchev–Trinajstić information content (AvgIpc) is 2.74. The Morgan fingerprint density at radius 2 is 2.11 bits per heavy atom. The van der Waals surface area contributed by atoms with Crippen LogP contribution in [-0.4, -0.2) is 10.9 Å². The number of hydrogen-bond acceptors (Lipinski definition) is 4. The molecule has 0 aliphatic heterocycles. The number of nitrogens with one attached hydrogen (secondary N) is 1. The zero-order valence-electron chi connectivity index (χ0n) is 10.3. The maximum Gasteiger partial charge on any atom is 0.247 e. The van der Waals surface area contributed by atoms with Crippen LogP contribution in [0.15, 0.2) is 29.6 Å². The summed E-state index contributed by atoms with van der Waals surface area (Å²) in [6.07, 6.45) is 0. The van der Waals surface area contributed by atoms with Crippen molar-refractivity contribution < 1.29 is 4.79 Å². The lowest BCUT2D eigenvalue weighted by Gasteiger charge is -2.16. The van der Waals surface area contributed by atoms with Gasteiger partial charge in [0.1, 0.15) is 5.01 Å². The number of anilines is 1. The Kier molecular flexibility index (Phi) is 3.62. The Morgan fingerprint density at radius 1 is 1.39 bits per heavy atom. The van der Waals surface area contributed by atoms with E-state index in [2.05, 4.69) is 10.3 Å². The van der Waals surface area contributed by atoms with Gasteiger partial charge in [-0.15, -0.1) is 11.3 Å². The lowest BCUT2D eigenvalue weighted by atomic mass is 10.2. The fourth-order valence-corrected chi connectivity index (χ4v) is 2.50. The molecule has 94 valence electrons. The first kappa shape index (κ1) is 12.6. The van der Waals surface area contributed by atoms with Gasteiger partial charge in [0.15, 0.2) is 6.04 Å². The van der Waals surface area contributed by atoms with Gasteiger partial charge in [-0.2, -0.15) is 0 Å². The highest BCUT2D eigenvalue weighted by atomic mass is 32.1. The molecule has 5 heteroatoms. The molecule has 0 aliphatic rings. The van der Waals surface area contributed by atoms with Gasteiger partial charge < -0.3 is 11.1 Å². The van der Waals surface area contributed by atoms with E-state index in [1.54, 1.807) is 0 Å². The SMILES string of the molecule is Cc1csc(C(Nc2ccccc2C)C(N)=O)n1. The van der Waals surface area contributed by atoms with Gasteiger partial charge in [0.05, 0.1) is 0 Å². The van der Waals surface area contributed by atoms with Gasteiger partial charge >= 0.3 is 0 Å². The first-order valence-electron chi connectivity index (χ1n) is 5.61. The van der Waals surface area contributed by atoms with E-state index in [-0.39, 0.29) is 0 Å². The van der Waals surface area contributed by atoms with Crippen LogP contribution in [0.4, 0.5) is 5.69 Å². The van der Waals surface area contributed by atoms with Crippen molar-refractivity contribution in [3.05, 3.63) is 45.9 Å². The molecule has 0 spiro atoms. The molecule has 0 bridgehead atoms. The van der Waals surface area contributed by atoms with Gasteiger partial charge in [-0.05, 0) is 25.5 Å². The number of nitrogens with two attached hydrogens (primary N) is 1. The molecule has 1 atom stereocenters. The van der Waals surface area contributed by atoms with E-state index in [0.717, 1.165) is 16.9 Å². The van der Waals surface area contributed by atoms with Gasteiger partial charge in [0.25, 0.3) is 0 Å². The van der Waals surface area contributed by atoms with E-state index in [1.165, 1.54) is 11.3 Å². The van der Waals surface area contributed by atoms with E-state index < -0.39 is 11.9 Å². The number of aromatic nitrogens is 1. The minimum absolute atomic E-state index is 0.424. The predicted molar refractivity (Wildman–Crippen MR) is 73.6 cm³/mol. The van der Waals surface area contributed by atoms with E-state index in [0.29, 0.717) is 5.01 Å². The van der Waals surface area contributed by atoms with Crippen molar-refractivity contribution in [2.24, 2.45) is 5.73 Å². The quantitative estimate of drug-likeness (QED) is 0.888. The second-order valence-electron chi connectivity index (χ2n) is 4.12. The third kappa shape index (κ3) is 2.68. The summed E-state index contributed by atoms with van der Waals surface area (Å²) < 4.78 is 0. The monoisotopic (exact) mass is 261 g/mol. The summed E-state index contributed by atoms with van der Waals surface area (Å²) in [7, 11) is 0. The van der Waals surface area contributed by atoms with Gasteiger partial charge in [-0.3, -0.25) is 4.79 Å². The number of primary amides is 1. The second kappa shape index (κ2) is 5.18. The molecular formula is C13H15N3OS. The number of amides is 1. The maximum absolute atomic E-state index is 11.6. The maximum atomic E-state index is 11.6. The minimum Gasteiger partial charge on any atom is -0.368 e. The summed E-state index contributed by atoms with van der Waals surface area (Å²) >= 11 is 1.44. The van der Waals surface area contributed by atoms with Crippen molar-refractivity contribution in [1.82, 2.24) is 4.98 Å².